The quantitative estimate of drug-likeness (QED) is 0.103. The van der Waals surface area contributed by atoms with Gasteiger partial charge in [0, 0.05) is 20.2 Å². The van der Waals surface area contributed by atoms with Gasteiger partial charge in [-0.1, -0.05) is 55.3 Å². The molecule has 9 nitrogen and oxygen atoms in total. The highest BCUT2D eigenvalue weighted by molar-refractivity contribution is 5.88. The van der Waals surface area contributed by atoms with E-state index in [1.54, 1.807) is 21.1 Å². The van der Waals surface area contributed by atoms with Crippen LogP contribution in [0.3, 0.4) is 0 Å². The molecule has 0 spiro atoms. The Hall–Kier alpha value is -3.95. The molecule has 0 aliphatic heterocycles. The minimum Gasteiger partial charge on any atom is -0.497 e. The van der Waals surface area contributed by atoms with Gasteiger partial charge in [-0.2, -0.15) is 0 Å². The summed E-state index contributed by atoms with van der Waals surface area (Å²) in [6, 6.07) is 18.9. The number of carbonyl (C=O) groups excluding carboxylic acids is 2. The summed E-state index contributed by atoms with van der Waals surface area (Å²) in [5.74, 6) is -1.72. The van der Waals surface area contributed by atoms with Crippen molar-refractivity contribution in [2.45, 2.75) is 84.3 Å². The number of unbranched alkanes of at least 4 members (excludes halogenated alkanes) is 4. The van der Waals surface area contributed by atoms with E-state index >= 15 is 0 Å². The number of nitrogens with zero attached hydrogens (tertiary/aromatic N) is 1. The zero-order valence-electron chi connectivity index (χ0n) is 28.6. The Balaban J connectivity index is 1.51. The molecule has 0 unspecified atom stereocenters. The molecule has 256 valence electrons. The van der Waals surface area contributed by atoms with E-state index < -0.39 is 36.7 Å². The number of fused-ring (bicyclic) bond motifs is 1. The van der Waals surface area contributed by atoms with Gasteiger partial charge in [0.05, 0.1) is 13.7 Å². The van der Waals surface area contributed by atoms with Gasteiger partial charge in [0.15, 0.2) is 12.2 Å². The lowest BCUT2D eigenvalue weighted by atomic mass is 10.0. The largest absolute Gasteiger partial charge is 0.497 e. The van der Waals surface area contributed by atoms with Crippen LogP contribution in [0.2, 0.25) is 0 Å². The van der Waals surface area contributed by atoms with Gasteiger partial charge < -0.3 is 29.0 Å². The average molecular weight is 650 g/mol. The third-order valence-corrected chi connectivity index (χ3v) is 8.37. The van der Waals surface area contributed by atoms with Crippen molar-refractivity contribution < 1.29 is 38.4 Å². The van der Waals surface area contributed by atoms with Crippen LogP contribution in [0, 0.1) is 13.8 Å². The molecule has 0 aromatic heterocycles. The number of carboxylic acid groups (broad SMARTS) is 1. The first-order valence-electron chi connectivity index (χ1n) is 16.6. The van der Waals surface area contributed by atoms with Gasteiger partial charge in [0.1, 0.15) is 12.4 Å². The maximum Gasteiger partial charge on any atom is 0.336 e. The SMILES string of the molecule is CCOC(=O)CO[C@@H](C(=O)O)[C@@H](OCCCCCc1ccc(C)c(C)c1)C(=O)N(C)CCCCCc1ccc2cc(OC)ccc2c1. The molecule has 3 rings (SSSR count). The minimum atomic E-state index is -1.64. The Labute approximate surface area is 279 Å². The normalized spacial score (nSPS) is 12.4. The second-order valence-electron chi connectivity index (χ2n) is 12.0. The van der Waals surface area contributed by atoms with Crippen molar-refractivity contribution in [1.82, 2.24) is 4.90 Å². The van der Waals surface area contributed by atoms with E-state index in [1.165, 1.54) is 32.5 Å². The standard InChI is InChI=1S/C38H51NO8/c1-6-45-34(40)26-47-36(38(42)43)35(46-22-12-8-10-13-29-16-15-27(2)28(3)23-29)37(41)39(4)21-11-7-9-14-30-17-18-32-25-33(44-5)20-19-31(32)24-30/h15-20,23-25,35-36H,6-14,21-22,26H2,1-5H3,(H,42,43)/t35-,36-/m1/s1. The van der Waals surface area contributed by atoms with Crippen LogP contribution in [0.25, 0.3) is 10.8 Å². The third kappa shape index (κ3) is 12.3. The molecular formula is C38H51NO8. The summed E-state index contributed by atoms with van der Waals surface area (Å²) in [5.41, 5.74) is 5.06. The maximum absolute atomic E-state index is 13.5. The van der Waals surface area contributed by atoms with Crippen molar-refractivity contribution in [1.29, 1.82) is 0 Å². The number of amides is 1. The van der Waals surface area contributed by atoms with Crippen molar-refractivity contribution >= 4 is 28.6 Å². The zero-order valence-corrected chi connectivity index (χ0v) is 28.6. The number of aliphatic carboxylic acids is 1. The van der Waals surface area contributed by atoms with Crippen LogP contribution in [0.5, 0.6) is 5.75 Å². The van der Waals surface area contributed by atoms with Crippen molar-refractivity contribution in [3.05, 3.63) is 76.9 Å². The first-order chi connectivity index (χ1) is 22.6. The molecule has 0 bridgehead atoms. The molecule has 0 heterocycles. The summed E-state index contributed by atoms with van der Waals surface area (Å²) < 4.78 is 21.5. The van der Waals surface area contributed by atoms with E-state index in [9.17, 15) is 19.5 Å². The Morgan fingerprint density at radius 2 is 1.43 bits per heavy atom. The zero-order chi connectivity index (χ0) is 34.2. The molecule has 0 fully saturated rings. The highest BCUT2D eigenvalue weighted by Crippen LogP contribution is 2.23. The number of hydrogen-bond acceptors (Lipinski definition) is 7. The van der Waals surface area contributed by atoms with Crippen LogP contribution >= 0.6 is 0 Å². The molecular weight excluding hydrogens is 598 g/mol. The first kappa shape index (κ1) is 37.5. The summed E-state index contributed by atoms with van der Waals surface area (Å²) in [6.07, 6.45) is 3.88. The van der Waals surface area contributed by atoms with Gasteiger partial charge in [0.25, 0.3) is 5.91 Å². The first-order valence-corrected chi connectivity index (χ1v) is 16.6. The number of esters is 1. The van der Waals surface area contributed by atoms with Gasteiger partial charge >= 0.3 is 11.9 Å². The van der Waals surface area contributed by atoms with Crippen molar-refractivity contribution in [2.75, 3.05) is 40.5 Å². The Kier molecular flexibility index (Phi) is 15.7. The van der Waals surface area contributed by atoms with E-state index in [-0.39, 0.29) is 13.2 Å². The third-order valence-electron chi connectivity index (χ3n) is 8.37. The number of carboxylic acids is 1. The Bertz CT molecular complexity index is 1450. The van der Waals surface area contributed by atoms with E-state index in [4.69, 9.17) is 18.9 Å². The fraction of sp³-hybridized carbons (Fsp3) is 0.500. The number of rotatable bonds is 21. The van der Waals surface area contributed by atoms with Crippen LogP contribution in [0.15, 0.2) is 54.6 Å². The predicted molar refractivity (Wildman–Crippen MR) is 183 cm³/mol. The number of benzene rings is 3. The van der Waals surface area contributed by atoms with E-state index in [1.807, 2.05) is 12.1 Å². The molecule has 9 heteroatoms. The lowest BCUT2D eigenvalue weighted by Crippen LogP contribution is -2.50. The number of hydrogen-bond donors (Lipinski definition) is 1. The summed E-state index contributed by atoms with van der Waals surface area (Å²) >= 11 is 0. The number of methoxy groups -OCH3 is 1. The van der Waals surface area contributed by atoms with Crippen LogP contribution in [-0.4, -0.2) is 80.6 Å². The van der Waals surface area contributed by atoms with Gasteiger partial charge in [-0.15, -0.1) is 0 Å². The maximum atomic E-state index is 13.5. The molecule has 0 radical (unpaired) electrons. The molecule has 0 saturated heterocycles. The summed E-state index contributed by atoms with van der Waals surface area (Å²) in [4.78, 5) is 39.1. The molecule has 0 aliphatic carbocycles. The Morgan fingerprint density at radius 1 is 0.766 bits per heavy atom. The smallest absolute Gasteiger partial charge is 0.336 e. The molecule has 0 saturated carbocycles. The highest BCUT2D eigenvalue weighted by atomic mass is 16.6. The van der Waals surface area contributed by atoms with E-state index in [0.29, 0.717) is 13.0 Å². The van der Waals surface area contributed by atoms with Crippen LogP contribution < -0.4 is 4.74 Å². The molecule has 2 atom stereocenters. The molecule has 3 aromatic carbocycles. The number of carbonyl (C=O) groups is 3. The molecule has 1 N–H and O–H groups in total. The fourth-order valence-corrected chi connectivity index (χ4v) is 5.45. The number of likely N-dealkylation sites (N-methyl/N-ethyl adjacent to an activating group) is 1. The number of aryl methyl sites for hydroxylation is 4. The van der Waals surface area contributed by atoms with Crippen molar-refractivity contribution in [3.63, 3.8) is 0 Å². The van der Waals surface area contributed by atoms with Crippen LogP contribution in [0.1, 0.15) is 67.7 Å². The Morgan fingerprint density at radius 3 is 2.11 bits per heavy atom. The highest BCUT2D eigenvalue weighted by Gasteiger charge is 2.38. The monoisotopic (exact) mass is 649 g/mol. The second kappa shape index (κ2) is 19.7. The lowest BCUT2D eigenvalue weighted by molar-refractivity contribution is -0.177. The lowest BCUT2D eigenvalue weighted by Gasteiger charge is -2.28. The van der Waals surface area contributed by atoms with E-state index in [0.717, 1.165) is 56.1 Å². The van der Waals surface area contributed by atoms with Crippen molar-refractivity contribution in [2.24, 2.45) is 0 Å². The summed E-state index contributed by atoms with van der Waals surface area (Å²) in [5, 5.41) is 12.2. The minimum absolute atomic E-state index is 0.139. The van der Waals surface area contributed by atoms with Crippen molar-refractivity contribution in [3.8, 4) is 5.75 Å². The summed E-state index contributed by atoms with van der Waals surface area (Å²) in [7, 11) is 3.30. The van der Waals surface area contributed by atoms with Gasteiger partial charge in [0.2, 0.25) is 0 Å². The van der Waals surface area contributed by atoms with Gasteiger partial charge in [-0.05, 0) is 104 Å². The molecule has 47 heavy (non-hydrogen) atoms. The topological polar surface area (TPSA) is 112 Å². The fourth-order valence-electron chi connectivity index (χ4n) is 5.45. The number of ether oxygens (including phenoxy) is 4. The molecule has 3 aromatic rings. The summed E-state index contributed by atoms with van der Waals surface area (Å²) in [6.45, 7) is 6.04. The van der Waals surface area contributed by atoms with E-state index in [2.05, 4.69) is 56.3 Å². The van der Waals surface area contributed by atoms with Gasteiger partial charge in [-0.25, -0.2) is 9.59 Å². The second-order valence-corrected chi connectivity index (χ2v) is 12.0. The average Bonchev–Trinajstić information content (AvgIpc) is 3.06. The van der Waals surface area contributed by atoms with Crippen LogP contribution in [-0.2, 0) is 41.4 Å². The molecule has 1 amide bonds. The van der Waals surface area contributed by atoms with Gasteiger partial charge in [-0.3, -0.25) is 4.79 Å². The molecule has 0 aliphatic rings. The predicted octanol–water partition coefficient (Wildman–Crippen LogP) is 6.47. The van der Waals surface area contributed by atoms with Crippen LogP contribution in [0.4, 0.5) is 0 Å².